The zero-order chi connectivity index (χ0) is 14.0. The van der Waals surface area contributed by atoms with Crippen LogP contribution >= 0.6 is 0 Å². The van der Waals surface area contributed by atoms with Crippen LogP contribution in [0.4, 0.5) is 14.5 Å². The van der Waals surface area contributed by atoms with Crippen molar-refractivity contribution in [3.63, 3.8) is 0 Å². The van der Waals surface area contributed by atoms with Gasteiger partial charge in [0.2, 0.25) is 0 Å². The van der Waals surface area contributed by atoms with Crippen molar-refractivity contribution < 1.29 is 18.7 Å². The Morgan fingerprint density at radius 3 is 2.63 bits per heavy atom. The third kappa shape index (κ3) is 2.68. The zero-order valence-corrected chi connectivity index (χ0v) is 10.4. The molecule has 1 aliphatic rings. The number of carbonyl (C=O) groups excluding carboxylic acids is 1. The molecule has 4 nitrogen and oxygen atoms in total. The third-order valence-corrected chi connectivity index (χ3v) is 3.41. The molecule has 1 saturated carbocycles. The normalized spacial score (nSPS) is 15.1. The molecule has 0 unspecified atom stereocenters. The first-order valence-electron chi connectivity index (χ1n) is 6.21. The predicted molar refractivity (Wildman–Crippen MR) is 66.5 cm³/mol. The lowest BCUT2D eigenvalue weighted by atomic mass is 9.91. The Kier molecular flexibility index (Phi) is 3.99. The molecular formula is C13H16F2N2O2. The van der Waals surface area contributed by atoms with E-state index in [4.69, 9.17) is 10.8 Å². The highest BCUT2D eigenvalue weighted by atomic mass is 19.1. The minimum absolute atomic E-state index is 0.0106. The largest absolute Gasteiger partial charge is 0.396 e. The maximum atomic E-state index is 13.8. The van der Waals surface area contributed by atoms with Crippen molar-refractivity contribution in [2.75, 3.05) is 18.9 Å². The predicted octanol–water partition coefficient (Wildman–Crippen LogP) is 1.53. The van der Waals surface area contributed by atoms with Gasteiger partial charge in [-0.25, -0.2) is 8.78 Å². The lowest BCUT2D eigenvalue weighted by Gasteiger charge is -2.37. The van der Waals surface area contributed by atoms with Gasteiger partial charge in [-0.3, -0.25) is 4.79 Å². The van der Waals surface area contributed by atoms with Crippen LogP contribution in [0.3, 0.4) is 0 Å². The van der Waals surface area contributed by atoms with Crippen LogP contribution in [0.2, 0.25) is 0 Å². The SMILES string of the molecule is Nc1cc(F)cc(C(=O)N(CCO)C2CCC2)c1F. The average molecular weight is 270 g/mol. The van der Waals surface area contributed by atoms with Gasteiger partial charge in [0, 0.05) is 12.6 Å². The number of hydrogen-bond acceptors (Lipinski definition) is 3. The second-order valence-corrected chi connectivity index (χ2v) is 4.66. The molecule has 0 atom stereocenters. The summed E-state index contributed by atoms with van der Waals surface area (Å²) in [4.78, 5) is 13.6. The third-order valence-electron chi connectivity index (χ3n) is 3.41. The molecule has 1 amide bonds. The molecule has 1 aliphatic carbocycles. The molecule has 6 heteroatoms. The minimum atomic E-state index is -0.909. The van der Waals surface area contributed by atoms with Crippen LogP contribution < -0.4 is 5.73 Å². The summed E-state index contributed by atoms with van der Waals surface area (Å²) >= 11 is 0. The van der Waals surface area contributed by atoms with Crippen molar-refractivity contribution >= 4 is 11.6 Å². The van der Waals surface area contributed by atoms with E-state index in [2.05, 4.69) is 0 Å². The van der Waals surface area contributed by atoms with Gasteiger partial charge in [0.05, 0.1) is 17.9 Å². The Morgan fingerprint density at radius 2 is 2.11 bits per heavy atom. The molecule has 0 heterocycles. The topological polar surface area (TPSA) is 66.6 Å². The standard InChI is InChI=1S/C13H16F2N2O2/c14-8-6-10(12(15)11(16)7-8)13(19)17(4-5-18)9-2-1-3-9/h6-7,9,18H,1-5,16H2. The smallest absolute Gasteiger partial charge is 0.257 e. The van der Waals surface area contributed by atoms with Crippen molar-refractivity contribution in [1.82, 2.24) is 4.90 Å². The molecule has 0 aliphatic heterocycles. The Labute approximate surface area is 109 Å². The Hall–Kier alpha value is -1.69. The van der Waals surface area contributed by atoms with Crippen LogP contribution in [0.15, 0.2) is 12.1 Å². The molecule has 0 spiro atoms. The number of nitrogen functional groups attached to an aromatic ring is 1. The molecule has 1 aromatic rings. The van der Waals surface area contributed by atoms with Crippen molar-refractivity contribution in [1.29, 1.82) is 0 Å². The van der Waals surface area contributed by atoms with Crippen molar-refractivity contribution in [2.24, 2.45) is 0 Å². The van der Waals surface area contributed by atoms with Crippen molar-refractivity contribution in [3.05, 3.63) is 29.3 Å². The van der Waals surface area contributed by atoms with Gasteiger partial charge in [-0.05, 0) is 31.4 Å². The van der Waals surface area contributed by atoms with Gasteiger partial charge in [0.15, 0.2) is 5.82 Å². The summed E-state index contributed by atoms with van der Waals surface area (Å²) in [5, 5.41) is 8.99. The van der Waals surface area contributed by atoms with E-state index in [1.54, 1.807) is 0 Å². The lowest BCUT2D eigenvalue weighted by molar-refractivity contribution is 0.0521. The summed E-state index contributed by atoms with van der Waals surface area (Å²) < 4.78 is 27.1. The Morgan fingerprint density at radius 1 is 1.42 bits per heavy atom. The van der Waals surface area contributed by atoms with Crippen LogP contribution in [-0.4, -0.2) is 35.1 Å². The highest BCUT2D eigenvalue weighted by Crippen LogP contribution is 2.27. The van der Waals surface area contributed by atoms with E-state index in [9.17, 15) is 13.6 Å². The molecule has 1 fully saturated rings. The number of benzene rings is 1. The highest BCUT2D eigenvalue weighted by Gasteiger charge is 2.30. The number of amides is 1. The van der Waals surface area contributed by atoms with E-state index in [0.717, 1.165) is 31.4 Å². The molecule has 19 heavy (non-hydrogen) atoms. The fraction of sp³-hybridized carbons (Fsp3) is 0.462. The number of aliphatic hydroxyl groups is 1. The Balaban J connectivity index is 2.30. The average Bonchev–Trinajstić information content (AvgIpc) is 2.30. The summed E-state index contributed by atoms with van der Waals surface area (Å²) in [6.07, 6.45) is 2.63. The summed E-state index contributed by atoms with van der Waals surface area (Å²) in [6, 6.07) is 1.67. The molecule has 0 aromatic heterocycles. The van der Waals surface area contributed by atoms with Crippen molar-refractivity contribution in [3.8, 4) is 0 Å². The van der Waals surface area contributed by atoms with Crippen LogP contribution in [-0.2, 0) is 0 Å². The molecule has 1 aromatic carbocycles. The summed E-state index contributed by atoms with van der Waals surface area (Å²) in [7, 11) is 0. The molecule has 0 saturated heterocycles. The fourth-order valence-corrected chi connectivity index (χ4v) is 2.18. The van der Waals surface area contributed by atoms with Crippen LogP contribution in [0, 0.1) is 11.6 Å². The van der Waals surface area contributed by atoms with Gasteiger partial charge in [-0.2, -0.15) is 0 Å². The number of carbonyl (C=O) groups is 1. The number of hydrogen-bond donors (Lipinski definition) is 2. The van der Waals surface area contributed by atoms with E-state index >= 15 is 0 Å². The molecule has 0 bridgehead atoms. The van der Waals surface area contributed by atoms with E-state index in [1.165, 1.54) is 4.90 Å². The second-order valence-electron chi connectivity index (χ2n) is 4.66. The summed E-state index contributed by atoms with van der Waals surface area (Å²) in [5.41, 5.74) is 4.56. The zero-order valence-electron chi connectivity index (χ0n) is 10.4. The van der Waals surface area contributed by atoms with E-state index in [-0.39, 0.29) is 30.4 Å². The first-order chi connectivity index (χ1) is 9.04. The Bertz CT molecular complexity index is 490. The molecule has 104 valence electrons. The van der Waals surface area contributed by atoms with E-state index < -0.39 is 17.5 Å². The van der Waals surface area contributed by atoms with Gasteiger partial charge in [0.25, 0.3) is 5.91 Å². The first kappa shape index (κ1) is 13.7. The number of nitrogens with zero attached hydrogens (tertiary/aromatic N) is 1. The van der Waals surface area contributed by atoms with Crippen LogP contribution in [0.5, 0.6) is 0 Å². The van der Waals surface area contributed by atoms with Crippen LogP contribution in [0.1, 0.15) is 29.6 Å². The highest BCUT2D eigenvalue weighted by molar-refractivity contribution is 5.95. The van der Waals surface area contributed by atoms with Gasteiger partial charge >= 0.3 is 0 Å². The maximum Gasteiger partial charge on any atom is 0.257 e. The minimum Gasteiger partial charge on any atom is -0.396 e. The second kappa shape index (κ2) is 5.52. The molecular weight excluding hydrogens is 254 g/mol. The maximum absolute atomic E-state index is 13.8. The molecule has 3 N–H and O–H groups in total. The molecule has 0 radical (unpaired) electrons. The number of aliphatic hydroxyl groups excluding tert-OH is 1. The monoisotopic (exact) mass is 270 g/mol. The van der Waals surface area contributed by atoms with Gasteiger partial charge in [-0.15, -0.1) is 0 Å². The van der Waals surface area contributed by atoms with E-state index in [0.29, 0.717) is 0 Å². The van der Waals surface area contributed by atoms with Crippen LogP contribution in [0.25, 0.3) is 0 Å². The number of halogens is 2. The number of nitrogens with two attached hydrogens (primary N) is 1. The quantitative estimate of drug-likeness (QED) is 0.815. The fourth-order valence-electron chi connectivity index (χ4n) is 2.18. The number of rotatable bonds is 4. The van der Waals surface area contributed by atoms with Gasteiger partial charge in [-0.1, -0.05) is 0 Å². The lowest BCUT2D eigenvalue weighted by Crippen LogP contribution is -2.46. The summed E-state index contributed by atoms with van der Waals surface area (Å²) in [5.74, 6) is -2.28. The van der Waals surface area contributed by atoms with Crippen molar-refractivity contribution in [2.45, 2.75) is 25.3 Å². The summed E-state index contributed by atoms with van der Waals surface area (Å²) in [6.45, 7) is -0.103. The van der Waals surface area contributed by atoms with E-state index in [1.807, 2.05) is 0 Å². The van der Waals surface area contributed by atoms with Gasteiger partial charge < -0.3 is 15.7 Å². The van der Waals surface area contributed by atoms with Gasteiger partial charge in [0.1, 0.15) is 5.82 Å². The number of anilines is 1. The molecule has 2 rings (SSSR count). The first-order valence-corrected chi connectivity index (χ1v) is 6.21.